The third kappa shape index (κ3) is 3.68. The van der Waals surface area contributed by atoms with Crippen LogP contribution in [0.1, 0.15) is 64.4 Å². The minimum absolute atomic E-state index is 0.201. The van der Waals surface area contributed by atoms with Crippen molar-refractivity contribution in [3.63, 3.8) is 0 Å². The Balaban J connectivity index is 1.30. The molecule has 3 saturated carbocycles. The highest BCUT2D eigenvalue weighted by atomic mass is 16.5. The summed E-state index contributed by atoms with van der Waals surface area (Å²) >= 11 is 0. The van der Waals surface area contributed by atoms with Gasteiger partial charge >= 0.3 is 0 Å². The Morgan fingerprint density at radius 2 is 1.76 bits per heavy atom. The summed E-state index contributed by atoms with van der Waals surface area (Å²) in [6, 6.07) is 10.5. The summed E-state index contributed by atoms with van der Waals surface area (Å²) in [4.78, 5) is 0. The van der Waals surface area contributed by atoms with E-state index in [4.69, 9.17) is 9.47 Å². The molecule has 1 aliphatic heterocycles. The maximum atomic E-state index is 10.6. The maximum Gasteiger partial charge on any atom is 0.0870 e. The molecule has 3 nitrogen and oxygen atoms in total. The molecule has 2 unspecified atom stereocenters. The lowest BCUT2D eigenvalue weighted by Gasteiger charge is -2.60. The van der Waals surface area contributed by atoms with Gasteiger partial charge in [-0.05, 0) is 87.0 Å². The summed E-state index contributed by atoms with van der Waals surface area (Å²) in [7, 11) is 0. The molecule has 8 atom stereocenters. The van der Waals surface area contributed by atoms with Gasteiger partial charge in [0.15, 0.2) is 0 Å². The fraction of sp³-hybridized carbons (Fsp3) is 0.769. The van der Waals surface area contributed by atoms with Crippen molar-refractivity contribution in [1.29, 1.82) is 0 Å². The molecule has 1 saturated heterocycles. The number of aliphatic hydroxyl groups is 1. The van der Waals surface area contributed by atoms with Gasteiger partial charge in [-0.1, -0.05) is 37.3 Å². The minimum atomic E-state index is -0.429. The van der Waals surface area contributed by atoms with Crippen molar-refractivity contribution in [1.82, 2.24) is 0 Å². The average molecular weight is 399 g/mol. The van der Waals surface area contributed by atoms with Crippen LogP contribution in [-0.2, 0) is 16.1 Å². The van der Waals surface area contributed by atoms with Crippen molar-refractivity contribution >= 4 is 0 Å². The van der Waals surface area contributed by atoms with Crippen LogP contribution in [0.5, 0.6) is 0 Å². The highest BCUT2D eigenvalue weighted by Gasteiger charge is 2.57. The molecule has 160 valence electrons. The Morgan fingerprint density at radius 3 is 2.59 bits per heavy atom. The maximum absolute atomic E-state index is 10.6. The summed E-state index contributed by atoms with van der Waals surface area (Å²) in [6.07, 6.45) is 8.64. The minimum Gasteiger partial charge on any atom is -0.390 e. The first-order chi connectivity index (χ1) is 14.0. The first kappa shape index (κ1) is 20.0. The van der Waals surface area contributed by atoms with Crippen LogP contribution in [0.15, 0.2) is 30.3 Å². The molecule has 0 aromatic heterocycles. The molecule has 5 rings (SSSR count). The van der Waals surface area contributed by atoms with Crippen molar-refractivity contribution in [3.05, 3.63) is 35.9 Å². The van der Waals surface area contributed by atoms with Gasteiger partial charge in [0.25, 0.3) is 0 Å². The summed E-state index contributed by atoms with van der Waals surface area (Å²) in [5.41, 5.74) is 1.06. The SMILES string of the molecule is C[C@@]1(O)CCC2[C@H](CCC3[C@@H]2CC[C@]2(C)[C@@H](OCc4ccccc4)COC[C@@H]32)C1. The Hall–Kier alpha value is -0.900. The van der Waals surface area contributed by atoms with Gasteiger partial charge in [0.1, 0.15) is 0 Å². The van der Waals surface area contributed by atoms with Crippen LogP contribution in [0, 0.1) is 35.0 Å². The molecule has 3 heteroatoms. The van der Waals surface area contributed by atoms with Crippen LogP contribution in [-0.4, -0.2) is 30.0 Å². The monoisotopic (exact) mass is 398 g/mol. The van der Waals surface area contributed by atoms with Crippen LogP contribution >= 0.6 is 0 Å². The van der Waals surface area contributed by atoms with Gasteiger partial charge in [-0.15, -0.1) is 0 Å². The van der Waals surface area contributed by atoms with E-state index in [0.717, 1.165) is 49.7 Å². The summed E-state index contributed by atoms with van der Waals surface area (Å²) in [5, 5.41) is 10.6. The van der Waals surface area contributed by atoms with E-state index >= 15 is 0 Å². The number of hydrogen-bond acceptors (Lipinski definition) is 3. The summed E-state index contributed by atoms with van der Waals surface area (Å²) in [6.45, 7) is 6.88. The normalized spacial score (nSPS) is 47.0. The quantitative estimate of drug-likeness (QED) is 0.759. The molecular formula is C26H38O3. The van der Waals surface area contributed by atoms with Gasteiger partial charge in [-0.2, -0.15) is 0 Å². The zero-order valence-electron chi connectivity index (χ0n) is 18.2. The Kier molecular flexibility index (Phi) is 5.29. The molecule has 4 aliphatic rings. The third-order valence-corrected chi connectivity index (χ3v) is 9.27. The van der Waals surface area contributed by atoms with Crippen LogP contribution < -0.4 is 0 Å². The second kappa shape index (κ2) is 7.66. The van der Waals surface area contributed by atoms with E-state index in [1.54, 1.807) is 0 Å². The predicted molar refractivity (Wildman–Crippen MR) is 114 cm³/mol. The molecule has 29 heavy (non-hydrogen) atoms. The van der Waals surface area contributed by atoms with Crippen molar-refractivity contribution in [2.45, 2.75) is 77.1 Å². The fourth-order valence-electron chi connectivity index (χ4n) is 7.65. The van der Waals surface area contributed by atoms with Crippen molar-refractivity contribution in [2.24, 2.45) is 35.0 Å². The van der Waals surface area contributed by atoms with E-state index in [0.29, 0.717) is 12.5 Å². The molecule has 1 N–H and O–H groups in total. The lowest BCUT2D eigenvalue weighted by Crippen LogP contribution is -2.58. The molecule has 0 spiro atoms. The molecular weight excluding hydrogens is 360 g/mol. The molecule has 1 aromatic rings. The van der Waals surface area contributed by atoms with Gasteiger partial charge in [-0.3, -0.25) is 0 Å². The molecule has 4 fully saturated rings. The Bertz CT molecular complexity index is 701. The van der Waals surface area contributed by atoms with Crippen LogP contribution in [0.25, 0.3) is 0 Å². The standard InChI is InChI=1S/C26H38O3/c1-25(27)12-10-20-19(14-25)8-9-22-21(20)11-13-26(2)23(22)16-28-17-24(26)29-15-18-6-4-3-5-7-18/h3-7,19-24,27H,8-17H2,1-2H3/t19-,20?,21-,22?,23+,24+,25-,26+/m1/s1. The predicted octanol–water partition coefficient (Wildman–Crippen LogP) is 5.21. The zero-order valence-corrected chi connectivity index (χ0v) is 18.2. The molecule has 0 bridgehead atoms. The van der Waals surface area contributed by atoms with E-state index in [2.05, 4.69) is 44.2 Å². The smallest absolute Gasteiger partial charge is 0.0870 e. The van der Waals surface area contributed by atoms with Gasteiger partial charge < -0.3 is 14.6 Å². The van der Waals surface area contributed by atoms with Gasteiger partial charge in [0.2, 0.25) is 0 Å². The van der Waals surface area contributed by atoms with E-state index < -0.39 is 5.60 Å². The number of fused-ring (bicyclic) bond motifs is 5. The lowest BCUT2D eigenvalue weighted by atomic mass is 9.48. The summed E-state index contributed by atoms with van der Waals surface area (Å²) < 4.78 is 12.7. The topological polar surface area (TPSA) is 38.7 Å². The Labute approximate surface area is 176 Å². The van der Waals surface area contributed by atoms with E-state index in [-0.39, 0.29) is 11.5 Å². The third-order valence-electron chi connectivity index (χ3n) is 9.27. The van der Waals surface area contributed by atoms with E-state index in [9.17, 15) is 5.11 Å². The van der Waals surface area contributed by atoms with Gasteiger partial charge in [0.05, 0.1) is 31.5 Å². The Morgan fingerprint density at radius 1 is 0.966 bits per heavy atom. The fourth-order valence-corrected chi connectivity index (χ4v) is 7.65. The summed E-state index contributed by atoms with van der Waals surface area (Å²) in [5.74, 6) is 3.79. The lowest BCUT2D eigenvalue weighted by molar-refractivity contribution is -0.210. The second-order valence-electron chi connectivity index (χ2n) is 11.0. The van der Waals surface area contributed by atoms with E-state index in [1.807, 2.05) is 0 Å². The van der Waals surface area contributed by atoms with Crippen molar-refractivity contribution < 1.29 is 14.6 Å². The zero-order chi connectivity index (χ0) is 20.1. The van der Waals surface area contributed by atoms with Crippen molar-refractivity contribution in [3.8, 4) is 0 Å². The molecule has 1 heterocycles. The molecule has 0 amide bonds. The van der Waals surface area contributed by atoms with Crippen molar-refractivity contribution in [2.75, 3.05) is 13.2 Å². The largest absolute Gasteiger partial charge is 0.390 e. The highest BCUT2D eigenvalue weighted by molar-refractivity contribution is 5.14. The van der Waals surface area contributed by atoms with Crippen LogP contribution in [0.3, 0.4) is 0 Å². The number of benzene rings is 1. The molecule has 1 aromatic carbocycles. The van der Waals surface area contributed by atoms with Crippen LogP contribution in [0.4, 0.5) is 0 Å². The molecule has 3 aliphatic carbocycles. The second-order valence-corrected chi connectivity index (χ2v) is 11.0. The first-order valence-electron chi connectivity index (χ1n) is 11.9. The first-order valence-corrected chi connectivity index (χ1v) is 11.9. The number of hydrogen-bond donors (Lipinski definition) is 1. The van der Waals surface area contributed by atoms with Crippen LogP contribution in [0.2, 0.25) is 0 Å². The van der Waals surface area contributed by atoms with Gasteiger partial charge in [-0.25, -0.2) is 0 Å². The van der Waals surface area contributed by atoms with Gasteiger partial charge in [0, 0.05) is 5.41 Å². The molecule has 0 radical (unpaired) electrons. The van der Waals surface area contributed by atoms with E-state index in [1.165, 1.54) is 37.7 Å². The number of rotatable bonds is 3. The highest BCUT2D eigenvalue weighted by Crippen LogP contribution is 2.60. The number of ether oxygens (including phenoxy) is 2. The average Bonchev–Trinajstić information content (AvgIpc) is 2.71.